The molecule has 6 heteroatoms. The SMILES string of the molecule is C[C@@H](Oc1cccc(Br)c1)C(=O)Nc1ccc(Cl)cc1Cl. The van der Waals surface area contributed by atoms with E-state index in [1.54, 1.807) is 37.3 Å². The Hall–Kier alpha value is -1.23. The number of carbonyl (C=O) groups is 1. The Morgan fingerprint density at radius 2 is 2.00 bits per heavy atom. The van der Waals surface area contributed by atoms with Crippen LogP contribution in [-0.2, 0) is 4.79 Å². The third kappa shape index (κ3) is 4.63. The Morgan fingerprint density at radius 3 is 2.67 bits per heavy atom. The van der Waals surface area contributed by atoms with E-state index in [2.05, 4.69) is 21.2 Å². The van der Waals surface area contributed by atoms with Crippen molar-refractivity contribution in [3.63, 3.8) is 0 Å². The average molecular weight is 389 g/mol. The fourth-order valence-corrected chi connectivity index (χ4v) is 2.46. The largest absolute Gasteiger partial charge is 0.481 e. The zero-order valence-corrected chi connectivity index (χ0v) is 14.2. The van der Waals surface area contributed by atoms with Gasteiger partial charge >= 0.3 is 0 Å². The summed E-state index contributed by atoms with van der Waals surface area (Å²) in [4.78, 5) is 12.1. The van der Waals surface area contributed by atoms with Gasteiger partial charge in [0.2, 0.25) is 0 Å². The van der Waals surface area contributed by atoms with E-state index < -0.39 is 6.10 Å². The number of nitrogens with one attached hydrogen (secondary N) is 1. The van der Waals surface area contributed by atoms with Crippen LogP contribution in [0.1, 0.15) is 6.92 Å². The van der Waals surface area contributed by atoms with Gasteiger partial charge in [0.05, 0.1) is 10.7 Å². The van der Waals surface area contributed by atoms with Gasteiger partial charge < -0.3 is 10.1 Å². The Balaban J connectivity index is 2.02. The van der Waals surface area contributed by atoms with E-state index in [1.165, 1.54) is 0 Å². The molecule has 2 aromatic carbocycles. The molecule has 1 atom stereocenters. The summed E-state index contributed by atoms with van der Waals surface area (Å²) in [6.45, 7) is 1.67. The summed E-state index contributed by atoms with van der Waals surface area (Å²) in [7, 11) is 0. The zero-order valence-electron chi connectivity index (χ0n) is 11.1. The van der Waals surface area contributed by atoms with Crippen molar-refractivity contribution in [1.82, 2.24) is 0 Å². The molecule has 21 heavy (non-hydrogen) atoms. The molecule has 0 aliphatic heterocycles. The van der Waals surface area contributed by atoms with Crippen LogP contribution < -0.4 is 10.1 Å². The number of anilines is 1. The zero-order chi connectivity index (χ0) is 15.4. The quantitative estimate of drug-likeness (QED) is 0.785. The standard InChI is InChI=1S/C15H12BrCl2NO2/c1-9(21-12-4-2-3-10(16)7-12)15(20)19-14-6-5-11(17)8-13(14)18/h2-9H,1H3,(H,19,20)/t9-/m1/s1. The first-order valence-electron chi connectivity index (χ1n) is 6.14. The van der Waals surface area contributed by atoms with Gasteiger partial charge in [-0.05, 0) is 43.3 Å². The topological polar surface area (TPSA) is 38.3 Å². The van der Waals surface area contributed by atoms with Crippen molar-refractivity contribution in [2.24, 2.45) is 0 Å². The molecule has 0 fully saturated rings. The average Bonchev–Trinajstić information content (AvgIpc) is 2.41. The van der Waals surface area contributed by atoms with Gasteiger partial charge in [-0.1, -0.05) is 45.2 Å². The summed E-state index contributed by atoms with van der Waals surface area (Å²) in [5.74, 6) is 0.313. The fraction of sp³-hybridized carbons (Fsp3) is 0.133. The molecule has 0 saturated carbocycles. The molecule has 0 heterocycles. The molecule has 3 nitrogen and oxygen atoms in total. The lowest BCUT2D eigenvalue weighted by Gasteiger charge is -2.15. The highest BCUT2D eigenvalue weighted by atomic mass is 79.9. The van der Waals surface area contributed by atoms with Gasteiger partial charge in [-0.25, -0.2) is 0 Å². The number of rotatable bonds is 4. The highest BCUT2D eigenvalue weighted by Crippen LogP contribution is 2.26. The number of ether oxygens (including phenoxy) is 1. The van der Waals surface area contributed by atoms with Crippen LogP contribution in [0, 0.1) is 0 Å². The summed E-state index contributed by atoms with van der Waals surface area (Å²) < 4.78 is 6.46. The number of halogens is 3. The first-order chi connectivity index (χ1) is 9.95. The minimum absolute atomic E-state index is 0.292. The number of amides is 1. The van der Waals surface area contributed by atoms with Gasteiger partial charge in [0.1, 0.15) is 5.75 Å². The number of hydrogen-bond acceptors (Lipinski definition) is 2. The van der Waals surface area contributed by atoms with Crippen LogP contribution in [0.25, 0.3) is 0 Å². The molecule has 1 N–H and O–H groups in total. The van der Waals surface area contributed by atoms with Crippen LogP contribution in [-0.4, -0.2) is 12.0 Å². The third-order valence-electron chi connectivity index (χ3n) is 2.67. The normalized spacial score (nSPS) is 11.8. The molecule has 0 unspecified atom stereocenters. The van der Waals surface area contributed by atoms with Gasteiger partial charge in [0.15, 0.2) is 6.10 Å². The molecular weight excluding hydrogens is 377 g/mol. The number of benzene rings is 2. The van der Waals surface area contributed by atoms with Crippen molar-refractivity contribution >= 4 is 50.7 Å². The maximum Gasteiger partial charge on any atom is 0.265 e. The summed E-state index contributed by atoms with van der Waals surface area (Å²) >= 11 is 15.2. The van der Waals surface area contributed by atoms with Crippen LogP contribution in [0.2, 0.25) is 10.0 Å². The Bertz CT molecular complexity index is 664. The second-order valence-electron chi connectivity index (χ2n) is 4.33. The molecule has 0 aliphatic carbocycles. The van der Waals surface area contributed by atoms with E-state index in [1.807, 2.05) is 12.1 Å². The monoisotopic (exact) mass is 387 g/mol. The van der Waals surface area contributed by atoms with Gasteiger partial charge in [0, 0.05) is 9.50 Å². The summed E-state index contributed by atoms with van der Waals surface area (Å²) in [6.07, 6.45) is -0.661. The van der Waals surface area contributed by atoms with Crippen molar-refractivity contribution in [1.29, 1.82) is 0 Å². The summed E-state index contributed by atoms with van der Waals surface area (Å²) in [5, 5.41) is 3.60. The lowest BCUT2D eigenvalue weighted by Crippen LogP contribution is -2.30. The van der Waals surface area contributed by atoms with Crippen LogP contribution >= 0.6 is 39.1 Å². The van der Waals surface area contributed by atoms with Crippen molar-refractivity contribution in [2.45, 2.75) is 13.0 Å². The van der Waals surface area contributed by atoms with Crippen LogP contribution in [0.3, 0.4) is 0 Å². The van der Waals surface area contributed by atoms with Crippen molar-refractivity contribution in [3.05, 3.63) is 57.0 Å². The van der Waals surface area contributed by atoms with Gasteiger partial charge in [-0.2, -0.15) is 0 Å². The van der Waals surface area contributed by atoms with Crippen molar-refractivity contribution < 1.29 is 9.53 Å². The maximum absolute atomic E-state index is 12.1. The van der Waals surface area contributed by atoms with Crippen molar-refractivity contribution in [2.75, 3.05) is 5.32 Å². The van der Waals surface area contributed by atoms with E-state index in [9.17, 15) is 4.79 Å². The number of hydrogen-bond donors (Lipinski definition) is 1. The predicted molar refractivity (Wildman–Crippen MR) is 89.3 cm³/mol. The molecule has 1 amide bonds. The molecule has 2 rings (SSSR count). The van der Waals surface area contributed by atoms with E-state index in [4.69, 9.17) is 27.9 Å². The van der Waals surface area contributed by atoms with Crippen LogP contribution in [0.5, 0.6) is 5.75 Å². The molecule has 0 aromatic heterocycles. The highest BCUT2D eigenvalue weighted by Gasteiger charge is 2.16. The number of carbonyl (C=O) groups excluding carboxylic acids is 1. The fourth-order valence-electron chi connectivity index (χ4n) is 1.62. The summed E-state index contributed by atoms with van der Waals surface area (Å²) in [5.41, 5.74) is 0.496. The molecule has 0 bridgehead atoms. The van der Waals surface area contributed by atoms with Gasteiger partial charge in [-0.3, -0.25) is 4.79 Å². The highest BCUT2D eigenvalue weighted by molar-refractivity contribution is 9.10. The minimum Gasteiger partial charge on any atom is -0.481 e. The Kier molecular flexibility index (Phi) is 5.51. The van der Waals surface area contributed by atoms with Gasteiger partial charge in [0.25, 0.3) is 5.91 Å². The second-order valence-corrected chi connectivity index (χ2v) is 6.09. The molecule has 0 spiro atoms. The van der Waals surface area contributed by atoms with E-state index in [0.717, 1.165) is 4.47 Å². The van der Waals surface area contributed by atoms with Crippen LogP contribution in [0.15, 0.2) is 46.9 Å². The van der Waals surface area contributed by atoms with E-state index in [-0.39, 0.29) is 5.91 Å². The third-order valence-corrected chi connectivity index (χ3v) is 3.71. The molecule has 0 aliphatic rings. The lowest BCUT2D eigenvalue weighted by molar-refractivity contribution is -0.122. The van der Waals surface area contributed by atoms with Gasteiger partial charge in [-0.15, -0.1) is 0 Å². The first-order valence-corrected chi connectivity index (χ1v) is 7.69. The molecular formula is C15H12BrCl2NO2. The van der Waals surface area contributed by atoms with Crippen molar-refractivity contribution in [3.8, 4) is 5.75 Å². The van der Waals surface area contributed by atoms with E-state index >= 15 is 0 Å². The first kappa shape index (κ1) is 16.1. The molecule has 0 saturated heterocycles. The predicted octanol–water partition coefficient (Wildman–Crippen LogP) is 5.16. The smallest absolute Gasteiger partial charge is 0.265 e. The molecule has 0 radical (unpaired) electrons. The minimum atomic E-state index is -0.661. The maximum atomic E-state index is 12.1. The Morgan fingerprint density at radius 1 is 1.24 bits per heavy atom. The van der Waals surface area contributed by atoms with E-state index in [0.29, 0.717) is 21.5 Å². The summed E-state index contributed by atoms with van der Waals surface area (Å²) in [6, 6.07) is 12.2. The molecule has 110 valence electrons. The van der Waals surface area contributed by atoms with Crippen LogP contribution in [0.4, 0.5) is 5.69 Å². The lowest BCUT2D eigenvalue weighted by atomic mass is 10.3. The molecule has 2 aromatic rings. The Labute approximate surface area is 141 Å². The second kappa shape index (κ2) is 7.16.